The number of hydrogen-bond acceptors (Lipinski definition) is 5. The first-order valence-corrected chi connectivity index (χ1v) is 9.89. The summed E-state index contributed by atoms with van der Waals surface area (Å²) in [6, 6.07) is 19.2. The predicted octanol–water partition coefficient (Wildman–Crippen LogP) is 6.25. The van der Waals surface area contributed by atoms with Crippen molar-refractivity contribution in [2.75, 3.05) is 0 Å². The van der Waals surface area contributed by atoms with Gasteiger partial charge in [-0.3, -0.25) is 0 Å². The summed E-state index contributed by atoms with van der Waals surface area (Å²) in [7, 11) is 0. The minimum absolute atomic E-state index is 0.0339. The average Bonchev–Trinajstić information content (AvgIpc) is 3.32. The third kappa shape index (κ3) is 3.83. The van der Waals surface area contributed by atoms with E-state index in [1.54, 1.807) is 0 Å². The summed E-state index contributed by atoms with van der Waals surface area (Å²) in [5.74, 6) is 0.126. The van der Waals surface area contributed by atoms with E-state index in [1.807, 2.05) is 60.7 Å². The van der Waals surface area contributed by atoms with Crippen LogP contribution in [0.5, 0.6) is 11.5 Å². The number of hydrogen-bond donors (Lipinski definition) is 1. The Hall–Kier alpha value is -2.79. The molecule has 1 fully saturated rings. The predicted molar refractivity (Wildman–Crippen MR) is 106 cm³/mol. The molecule has 0 bridgehead atoms. The third-order valence-electron chi connectivity index (χ3n) is 4.66. The molecule has 0 atom stereocenters. The monoisotopic (exact) mass is 380 g/mol. The highest BCUT2D eigenvalue weighted by molar-refractivity contribution is 7.19. The maximum atomic E-state index is 12.3. The zero-order valence-corrected chi connectivity index (χ0v) is 15.6. The zero-order chi connectivity index (χ0) is 18.6. The third-order valence-corrected chi connectivity index (χ3v) is 5.92. The molecule has 1 N–H and O–H groups in total. The summed E-state index contributed by atoms with van der Waals surface area (Å²) >= 11 is 1.39. The lowest BCUT2D eigenvalue weighted by atomic mass is 10.1. The van der Waals surface area contributed by atoms with E-state index in [4.69, 9.17) is 9.47 Å². The number of carbonyl (C=O) groups is 1. The van der Waals surface area contributed by atoms with Crippen molar-refractivity contribution in [1.29, 1.82) is 0 Å². The smallest absolute Gasteiger partial charge is 0.503 e. The minimum atomic E-state index is -0.758. The van der Waals surface area contributed by atoms with Gasteiger partial charge in [0.15, 0.2) is 11.5 Å². The fourth-order valence-corrected chi connectivity index (χ4v) is 4.45. The van der Waals surface area contributed by atoms with E-state index < -0.39 is 6.16 Å². The van der Waals surface area contributed by atoms with Crippen molar-refractivity contribution in [2.24, 2.45) is 0 Å². The van der Waals surface area contributed by atoms with E-state index in [1.165, 1.54) is 11.3 Å². The molecule has 0 radical (unpaired) electrons. The number of thiophene rings is 1. The summed E-state index contributed by atoms with van der Waals surface area (Å²) in [6.07, 6.45) is 3.01. The van der Waals surface area contributed by atoms with Crippen molar-refractivity contribution in [2.45, 2.75) is 31.8 Å². The Kier molecular flexibility index (Phi) is 5.12. The zero-order valence-electron chi connectivity index (χ0n) is 14.8. The lowest BCUT2D eigenvalue weighted by Crippen LogP contribution is -2.18. The van der Waals surface area contributed by atoms with Crippen LogP contribution in [0.25, 0.3) is 20.9 Å². The Morgan fingerprint density at radius 1 is 0.889 bits per heavy atom. The molecule has 0 spiro atoms. The highest BCUT2D eigenvalue weighted by Gasteiger charge is 2.26. The van der Waals surface area contributed by atoms with Crippen LogP contribution >= 0.6 is 11.3 Å². The Balaban J connectivity index is 1.69. The molecular weight excluding hydrogens is 360 g/mol. The van der Waals surface area contributed by atoms with Gasteiger partial charge in [0.1, 0.15) is 6.10 Å². The summed E-state index contributed by atoms with van der Waals surface area (Å²) in [6.45, 7) is 0. The summed E-state index contributed by atoms with van der Waals surface area (Å²) < 4.78 is 10.9. The molecule has 0 amide bonds. The summed E-state index contributed by atoms with van der Waals surface area (Å²) in [5, 5.41) is 10.8. The van der Waals surface area contributed by atoms with Crippen molar-refractivity contribution in [3.63, 3.8) is 0 Å². The van der Waals surface area contributed by atoms with Gasteiger partial charge in [0.05, 0.1) is 9.75 Å². The van der Waals surface area contributed by atoms with Crippen LogP contribution in [0, 0.1) is 0 Å². The topological polar surface area (TPSA) is 55.8 Å². The first kappa shape index (κ1) is 17.6. The van der Waals surface area contributed by atoms with Gasteiger partial charge in [-0.1, -0.05) is 60.7 Å². The molecule has 0 saturated heterocycles. The van der Waals surface area contributed by atoms with Crippen molar-refractivity contribution in [3.8, 4) is 32.4 Å². The van der Waals surface area contributed by atoms with Crippen LogP contribution < -0.4 is 4.74 Å². The van der Waals surface area contributed by atoms with Crippen LogP contribution in [0.1, 0.15) is 25.7 Å². The molecule has 1 aromatic heterocycles. The van der Waals surface area contributed by atoms with Gasteiger partial charge >= 0.3 is 6.16 Å². The first-order chi connectivity index (χ1) is 13.2. The molecule has 138 valence electrons. The second-order valence-electron chi connectivity index (χ2n) is 6.55. The van der Waals surface area contributed by atoms with Crippen molar-refractivity contribution < 1.29 is 19.4 Å². The lowest BCUT2D eigenvalue weighted by Gasteiger charge is -2.11. The van der Waals surface area contributed by atoms with Crippen molar-refractivity contribution >= 4 is 17.5 Å². The molecule has 4 nitrogen and oxygen atoms in total. The van der Waals surface area contributed by atoms with E-state index in [0.717, 1.165) is 36.8 Å². The molecule has 1 saturated carbocycles. The van der Waals surface area contributed by atoms with E-state index in [9.17, 15) is 9.90 Å². The van der Waals surface area contributed by atoms with Crippen LogP contribution in [0.2, 0.25) is 0 Å². The Bertz CT molecular complexity index is 912. The second-order valence-corrected chi connectivity index (χ2v) is 7.57. The molecule has 1 aliphatic rings. The molecule has 1 aliphatic carbocycles. The van der Waals surface area contributed by atoms with Gasteiger partial charge in [0, 0.05) is 0 Å². The van der Waals surface area contributed by atoms with Crippen LogP contribution in [0.3, 0.4) is 0 Å². The largest absolute Gasteiger partial charge is 0.514 e. The van der Waals surface area contributed by atoms with Crippen LogP contribution in [0.15, 0.2) is 60.7 Å². The first-order valence-electron chi connectivity index (χ1n) is 9.07. The van der Waals surface area contributed by atoms with Gasteiger partial charge in [0.2, 0.25) is 0 Å². The molecule has 2 aromatic carbocycles. The fraction of sp³-hybridized carbons (Fsp3) is 0.227. The molecule has 0 unspecified atom stereocenters. The van der Waals surface area contributed by atoms with Gasteiger partial charge in [-0.05, 0) is 36.8 Å². The van der Waals surface area contributed by atoms with E-state index >= 15 is 0 Å². The van der Waals surface area contributed by atoms with Crippen molar-refractivity contribution in [3.05, 3.63) is 60.7 Å². The maximum absolute atomic E-state index is 12.3. The lowest BCUT2D eigenvalue weighted by molar-refractivity contribution is 0.0608. The Morgan fingerprint density at radius 2 is 1.44 bits per heavy atom. The van der Waals surface area contributed by atoms with Crippen LogP contribution in [-0.2, 0) is 4.74 Å². The second kappa shape index (κ2) is 7.84. The van der Waals surface area contributed by atoms with E-state index in [2.05, 4.69) is 0 Å². The number of benzene rings is 2. The number of rotatable bonds is 4. The maximum Gasteiger partial charge on any atom is 0.514 e. The molecule has 0 aliphatic heterocycles. The van der Waals surface area contributed by atoms with Crippen LogP contribution in [-0.4, -0.2) is 17.4 Å². The molecular formula is C22H20O4S. The van der Waals surface area contributed by atoms with Gasteiger partial charge in [-0.2, -0.15) is 0 Å². The average molecular weight is 380 g/mol. The summed E-state index contributed by atoms with van der Waals surface area (Å²) in [4.78, 5) is 13.7. The van der Waals surface area contributed by atoms with Gasteiger partial charge in [-0.25, -0.2) is 4.79 Å². The van der Waals surface area contributed by atoms with Gasteiger partial charge < -0.3 is 14.6 Å². The number of ether oxygens (including phenoxy) is 2. The number of aromatic hydroxyl groups is 1. The van der Waals surface area contributed by atoms with Gasteiger partial charge in [0.25, 0.3) is 0 Å². The molecule has 1 heterocycles. The van der Waals surface area contributed by atoms with Crippen molar-refractivity contribution in [1.82, 2.24) is 0 Å². The highest BCUT2D eigenvalue weighted by Crippen LogP contribution is 2.51. The van der Waals surface area contributed by atoms with Crippen LogP contribution in [0.4, 0.5) is 4.79 Å². The normalized spacial score (nSPS) is 14.2. The van der Waals surface area contributed by atoms with E-state index in [0.29, 0.717) is 9.75 Å². The fourth-order valence-electron chi connectivity index (χ4n) is 3.32. The number of carbonyl (C=O) groups excluding carboxylic acids is 1. The quantitative estimate of drug-likeness (QED) is 0.544. The standard InChI is InChI=1S/C22H20O4S/c23-18-19(26-22(24)25-17-13-7-8-14-17)21(16-11-5-2-6-12-16)27-20(18)15-9-3-1-4-10-15/h1-6,9-12,17,23H,7-8,13-14H2. The minimum Gasteiger partial charge on any atom is -0.503 e. The Labute approximate surface area is 162 Å². The van der Waals surface area contributed by atoms with Gasteiger partial charge in [-0.15, -0.1) is 11.3 Å². The molecule has 3 aromatic rings. The molecule has 27 heavy (non-hydrogen) atoms. The SMILES string of the molecule is O=C(Oc1c(-c2ccccc2)sc(-c2ccccc2)c1O)OC1CCCC1. The summed E-state index contributed by atoms with van der Waals surface area (Å²) in [5.41, 5.74) is 1.75. The molecule has 4 rings (SSSR count). The molecule has 5 heteroatoms. The highest BCUT2D eigenvalue weighted by atomic mass is 32.1. The Morgan fingerprint density at radius 3 is 2.04 bits per heavy atom. The van der Waals surface area contributed by atoms with E-state index in [-0.39, 0.29) is 17.6 Å².